The Bertz CT molecular complexity index is 489. The molecule has 3 atom stereocenters. The topological polar surface area (TPSA) is 50.4 Å². The molecule has 0 saturated carbocycles. The van der Waals surface area contributed by atoms with Crippen LogP contribution in [0, 0.1) is 5.92 Å². The third-order valence-corrected chi connectivity index (χ3v) is 4.48. The fourth-order valence-electron chi connectivity index (χ4n) is 3.23. The van der Waals surface area contributed by atoms with E-state index in [1.54, 1.807) is 0 Å². The molecule has 0 aromatic heterocycles. The molecule has 1 aromatic carbocycles. The molecule has 0 spiro atoms. The summed E-state index contributed by atoms with van der Waals surface area (Å²) in [6, 6.07) is 8.93. The molecular weight excluding hydrogens is 252 g/mol. The quantitative estimate of drug-likeness (QED) is 0.861. The fourth-order valence-corrected chi connectivity index (χ4v) is 3.23. The minimum Gasteiger partial charge on any atom is -0.379 e. The van der Waals surface area contributed by atoms with Gasteiger partial charge in [-0.15, -0.1) is 0 Å². The van der Waals surface area contributed by atoms with Crippen molar-refractivity contribution < 1.29 is 9.53 Å². The van der Waals surface area contributed by atoms with E-state index in [0.717, 1.165) is 19.3 Å². The van der Waals surface area contributed by atoms with E-state index < -0.39 is 0 Å². The van der Waals surface area contributed by atoms with Crippen LogP contribution in [-0.4, -0.2) is 38.3 Å². The van der Waals surface area contributed by atoms with Gasteiger partial charge in [0.15, 0.2) is 0 Å². The van der Waals surface area contributed by atoms with Gasteiger partial charge in [-0.25, -0.2) is 0 Å². The normalized spacial score (nSPS) is 28.9. The van der Waals surface area contributed by atoms with Crippen molar-refractivity contribution in [2.24, 2.45) is 5.92 Å². The van der Waals surface area contributed by atoms with Gasteiger partial charge in [0, 0.05) is 12.1 Å². The van der Waals surface area contributed by atoms with Crippen LogP contribution in [0.3, 0.4) is 0 Å². The van der Waals surface area contributed by atoms with Crippen molar-refractivity contribution in [2.45, 2.75) is 31.3 Å². The molecular formula is C16H22N2O2. The highest BCUT2D eigenvalue weighted by Gasteiger charge is 2.34. The van der Waals surface area contributed by atoms with Crippen LogP contribution < -0.4 is 10.6 Å². The van der Waals surface area contributed by atoms with E-state index in [9.17, 15) is 4.79 Å². The number of likely N-dealkylation sites (N-methyl/N-ethyl adjacent to an activating group) is 1. The Labute approximate surface area is 119 Å². The fraction of sp³-hybridized carbons (Fsp3) is 0.562. The van der Waals surface area contributed by atoms with Crippen molar-refractivity contribution >= 4 is 5.91 Å². The number of carbonyl (C=O) groups excluding carboxylic acids is 1. The third-order valence-electron chi connectivity index (χ3n) is 4.48. The zero-order chi connectivity index (χ0) is 13.9. The lowest BCUT2D eigenvalue weighted by Gasteiger charge is -2.27. The third kappa shape index (κ3) is 2.72. The molecule has 2 N–H and O–H groups in total. The Morgan fingerprint density at radius 2 is 2.05 bits per heavy atom. The first kappa shape index (κ1) is 13.6. The largest absolute Gasteiger partial charge is 0.379 e. The summed E-state index contributed by atoms with van der Waals surface area (Å²) in [5.41, 5.74) is 2.80. The summed E-state index contributed by atoms with van der Waals surface area (Å²) in [5.74, 6) is 0.0726. The zero-order valence-electron chi connectivity index (χ0n) is 11.9. The first-order valence-electron chi connectivity index (χ1n) is 7.40. The lowest BCUT2D eigenvalue weighted by atomic mass is 9.88. The van der Waals surface area contributed by atoms with Crippen LogP contribution in [-0.2, 0) is 22.4 Å². The second kappa shape index (κ2) is 5.94. The Morgan fingerprint density at radius 1 is 1.25 bits per heavy atom. The number of ether oxygens (including phenoxy) is 1. The lowest BCUT2D eigenvalue weighted by molar-refractivity contribution is -0.126. The van der Waals surface area contributed by atoms with E-state index in [1.165, 1.54) is 11.1 Å². The molecule has 108 valence electrons. The summed E-state index contributed by atoms with van der Waals surface area (Å²) < 4.78 is 5.40. The molecule has 0 radical (unpaired) electrons. The first-order valence-corrected chi connectivity index (χ1v) is 7.40. The first-order chi connectivity index (χ1) is 9.78. The molecule has 1 fully saturated rings. The van der Waals surface area contributed by atoms with E-state index >= 15 is 0 Å². The Balaban J connectivity index is 1.60. The van der Waals surface area contributed by atoms with E-state index in [-0.39, 0.29) is 23.9 Å². The standard InChI is InChI=1S/C16H22N2O2/c1-17-15-10-20-9-14(15)16(19)18-13-7-6-11-4-2-3-5-12(11)8-13/h2-5,13-15,17H,6-10H2,1H3,(H,18,19). The molecule has 2 aliphatic rings. The second-order valence-electron chi connectivity index (χ2n) is 5.76. The maximum atomic E-state index is 12.4. The number of nitrogens with one attached hydrogen (secondary N) is 2. The van der Waals surface area contributed by atoms with E-state index in [1.807, 2.05) is 7.05 Å². The van der Waals surface area contributed by atoms with Crippen LogP contribution >= 0.6 is 0 Å². The van der Waals surface area contributed by atoms with Crippen molar-refractivity contribution in [3.8, 4) is 0 Å². The number of rotatable bonds is 3. The zero-order valence-corrected chi connectivity index (χ0v) is 11.9. The molecule has 4 nitrogen and oxygen atoms in total. The maximum absolute atomic E-state index is 12.4. The van der Waals surface area contributed by atoms with Gasteiger partial charge in [-0.1, -0.05) is 24.3 Å². The molecule has 1 aromatic rings. The van der Waals surface area contributed by atoms with Crippen LogP contribution in [0.2, 0.25) is 0 Å². The minimum absolute atomic E-state index is 0.0582. The summed E-state index contributed by atoms with van der Waals surface area (Å²) in [7, 11) is 1.89. The number of amides is 1. The van der Waals surface area contributed by atoms with Crippen molar-refractivity contribution in [1.82, 2.24) is 10.6 Å². The van der Waals surface area contributed by atoms with Crippen LogP contribution in [0.25, 0.3) is 0 Å². The molecule has 0 bridgehead atoms. The van der Waals surface area contributed by atoms with Crippen LogP contribution in [0.15, 0.2) is 24.3 Å². The molecule has 20 heavy (non-hydrogen) atoms. The highest BCUT2D eigenvalue weighted by atomic mass is 16.5. The average Bonchev–Trinajstić information content (AvgIpc) is 2.95. The number of carbonyl (C=O) groups is 1. The van der Waals surface area contributed by atoms with Crippen LogP contribution in [0.5, 0.6) is 0 Å². The van der Waals surface area contributed by atoms with Gasteiger partial charge in [0.05, 0.1) is 19.1 Å². The Hall–Kier alpha value is -1.39. The number of fused-ring (bicyclic) bond motifs is 1. The van der Waals surface area contributed by atoms with Gasteiger partial charge in [0.25, 0.3) is 0 Å². The van der Waals surface area contributed by atoms with Crippen molar-refractivity contribution in [3.63, 3.8) is 0 Å². The van der Waals surface area contributed by atoms with E-state index in [2.05, 4.69) is 34.9 Å². The van der Waals surface area contributed by atoms with Gasteiger partial charge in [-0.05, 0) is 37.4 Å². The predicted octanol–water partition coefficient (Wildman–Crippen LogP) is 0.895. The highest BCUT2D eigenvalue weighted by molar-refractivity contribution is 5.80. The minimum atomic E-state index is -0.0582. The average molecular weight is 274 g/mol. The van der Waals surface area contributed by atoms with Crippen molar-refractivity contribution in [3.05, 3.63) is 35.4 Å². The summed E-state index contributed by atoms with van der Waals surface area (Å²) in [5, 5.41) is 6.37. The monoisotopic (exact) mass is 274 g/mol. The summed E-state index contributed by atoms with van der Waals surface area (Å²) in [6.45, 7) is 1.16. The lowest BCUT2D eigenvalue weighted by Crippen LogP contribution is -2.47. The highest BCUT2D eigenvalue weighted by Crippen LogP contribution is 2.22. The maximum Gasteiger partial charge on any atom is 0.227 e. The Morgan fingerprint density at radius 3 is 2.85 bits per heavy atom. The number of aryl methyl sites for hydroxylation is 1. The molecule has 3 unspecified atom stereocenters. The molecule has 4 heteroatoms. The van der Waals surface area contributed by atoms with Gasteiger partial charge in [0.1, 0.15) is 0 Å². The molecule has 1 amide bonds. The summed E-state index contributed by atoms with van der Waals surface area (Å²) in [4.78, 5) is 12.4. The molecule has 1 aliphatic heterocycles. The predicted molar refractivity (Wildman–Crippen MR) is 77.6 cm³/mol. The van der Waals surface area contributed by atoms with Gasteiger partial charge in [-0.2, -0.15) is 0 Å². The van der Waals surface area contributed by atoms with Crippen molar-refractivity contribution in [2.75, 3.05) is 20.3 Å². The SMILES string of the molecule is CNC1COCC1C(=O)NC1CCc2ccccc2C1. The molecule has 3 rings (SSSR count). The Kier molecular flexibility index (Phi) is 4.03. The molecule has 1 saturated heterocycles. The van der Waals surface area contributed by atoms with Gasteiger partial charge >= 0.3 is 0 Å². The summed E-state index contributed by atoms with van der Waals surface area (Å²) >= 11 is 0. The second-order valence-corrected chi connectivity index (χ2v) is 5.76. The number of benzene rings is 1. The van der Waals surface area contributed by atoms with E-state index in [0.29, 0.717) is 13.2 Å². The number of hydrogen-bond donors (Lipinski definition) is 2. The van der Waals surface area contributed by atoms with Crippen LogP contribution in [0.1, 0.15) is 17.5 Å². The molecule has 1 heterocycles. The smallest absolute Gasteiger partial charge is 0.227 e. The summed E-state index contributed by atoms with van der Waals surface area (Å²) in [6.07, 6.45) is 3.03. The van der Waals surface area contributed by atoms with Gasteiger partial charge in [-0.3, -0.25) is 4.79 Å². The molecule has 1 aliphatic carbocycles. The van der Waals surface area contributed by atoms with Gasteiger partial charge in [0.2, 0.25) is 5.91 Å². The van der Waals surface area contributed by atoms with Gasteiger partial charge < -0.3 is 15.4 Å². The van der Waals surface area contributed by atoms with Crippen molar-refractivity contribution in [1.29, 1.82) is 0 Å². The van der Waals surface area contributed by atoms with Crippen LogP contribution in [0.4, 0.5) is 0 Å². The number of hydrogen-bond acceptors (Lipinski definition) is 3. The van der Waals surface area contributed by atoms with E-state index in [4.69, 9.17) is 4.74 Å².